The number of nitrogens with one attached hydrogen (secondary N) is 1. The van der Waals surface area contributed by atoms with E-state index < -0.39 is 0 Å². The van der Waals surface area contributed by atoms with Crippen LogP contribution in [-0.4, -0.2) is 72.4 Å². The zero-order valence-electron chi connectivity index (χ0n) is 16.2. The summed E-state index contributed by atoms with van der Waals surface area (Å²) in [6, 6.07) is 8.80. The molecule has 0 aliphatic heterocycles. The van der Waals surface area contributed by atoms with Gasteiger partial charge in [-0.15, -0.1) is 0 Å². The normalized spacial score (nSPS) is 10.7. The van der Waals surface area contributed by atoms with Gasteiger partial charge in [-0.1, -0.05) is 6.07 Å². The zero-order chi connectivity index (χ0) is 19.6. The molecule has 0 bridgehead atoms. The number of nitrogens with zero attached hydrogens (tertiary/aromatic N) is 4. The van der Waals surface area contributed by atoms with E-state index in [1.54, 1.807) is 42.5 Å². The van der Waals surface area contributed by atoms with Crippen molar-refractivity contribution in [3.8, 4) is 0 Å². The number of aromatic nitrogens is 2. The quantitative estimate of drug-likeness (QED) is 0.677. The Labute approximate surface area is 160 Å². The molecule has 27 heavy (non-hydrogen) atoms. The van der Waals surface area contributed by atoms with Crippen molar-refractivity contribution in [2.45, 2.75) is 12.8 Å². The molecule has 0 aromatic carbocycles. The Morgan fingerprint density at radius 2 is 1.70 bits per heavy atom. The Kier molecular flexibility index (Phi) is 7.88. The number of hydrogen-bond donors (Lipinski definition) is 1. The number of carbonyl (C=O) groups is 2. The molecule has 0 spiro atoms. The molecule has 0 radical (unpaired) electrons. The molecule has 0 aliphatic carbocycles. The first-order chi connectivity index (χ1) is 13.0. The maximum Gasteiger partial charge on any atom is 0.272 e. The highest BCUT2D eigenvalue weighted by Gasteiger charge is 2.15. The lowest BCUT2D eigenvalue weighted by Gasteiger charge is -2.17. The summed E-state index contributed by atoms with van der Waals surface area (Å²) in [6.45, 7) is 2.03. The van der Waals surface area contributed by atoms with Crippen LogP contribution in [0.15, 0.2) is 42.7 Å². The molecule has 0 unspecified atom stereocenters. The molecule has 0 saturated heterocycles. The molecule has 0 fully saturated rings. The lowest BCUT2D eigenvalue weighted by Crippen LogP contribution is -2.31. The van der Waals surface area contributed by atoms with Crippen LogP contribution in [0.2, 0.25) is 0 Å². The van der Waals surface area contributed by atoms with Crippen LogP contribution in [0.3, 0.4) is 0 Å². The average molecular weight is 369 g/mol. The molecular weight excluding hydrogens is 342 g/mol. The topological polar surface area (TPSA) is 78.4 Å². The lowest BCUT2D eigenvalue weighted by atomic mass is 10.2. The van der Waals surface area contributed by atoms with E-state index in [1.165, 1.54) is 0 Å². The Morgan fingerprint density at radius 3 is 2.41 bits per heavy atom. The van der Waals surface area contributed by atoms with E-state index in [2.05, 4.69) is 20.2 Å². The van der Waals surface area contributed by atoms with Crippen molar-refractivity contribution >= 4 is 11.8 Å². The smallest absolute Gasteiger partial charge is 0.272 e. The van der Waals surface area contributed by atoms with Gasteiger partial charge < -0.3 is 15.1 Å². The monoisotopic (exact) mass is 369 g/mol. The molecule has 0 aliphatic rings. The molecule has 7 heteroatoms. The second-order valence-electron chi connectivity index (χ2n) is 6.65. The summed E-state index contributed by atoms with van der Waals surface area (Å²) in [6.07, 6.45) is 5.06. The van der Waals surface area contributed by atoms with E-state index >= 15 is 0 Å². The van der Waals surface area contributed by atoms with Crippen LogP contribution in [0.5, 0.6) is 0 Å². The summed E-state index contributed by atoms with van der Waals surface area (Å²) in [7, 11) is 5.71. The second-order valence-corrected chi connectivity index (χ2v) is 6.65. The van der Waals surface area contributed by atoms with Crippen LogP contribution in [0.25, 0.3) is 0 Å². The second kappa shape index (κ2) is 10.4. The van der Waals surface area contributed by atoms with Gasteiger partial charge in [0.15, 0.2) is 0 Å². The fraction of sp³-hybridized carbons (Fsp3) is 0.400. The summed E-state index contributed by atoms with van der Waals surface area (Å²) in [5.41, 5.74) is 1.64. The minimum atomic E-state index is -0.261. The molecule has 1 N–H and O–H groups in total. The SMILES string of the molecule is CN(C)CCCNC(=O)c1cccc(C(=O)N(C)CCc2ccncc2)n1. The van der Waals surface area contributed by atoms with Crippen LogP contribution < -0.4 is 5.32 Å². The molecule has 0 atom stereocenters. The number of likely N-dealkylation sites (N-methyl/N-ethyl adjacent to an activating group) is 1. The van der Waals surface area contributed by atoms with Gasteiger partial charge in [0, 0.05) is 32.5 Å². The molecule has 2 aromatic rings. The highest BCUT2D eigenvalue weighted by atomic mass is 16.2. The van der Waals surface area contributed by atoms with Gasteiger partial charge in [-0.2, -0.15) is 0 Å². The highest BCUT2D eigenvalue weighted by Crippen LogP contribution is 2.05. The van der Waals surface area contributed by atoms with Crippen molar-refractivity contribution in [1.82, 2.24) is 25.1 Å². The van der Waals surface area contributed by atoms with Crippen molar-refractivity contribution in [2.24, 2.45) is 0 Å². The van der Waals surface area contributed by atoms with Crippen molar-refractivity contribution in [2.75, 3.05) is 40.8 Å². The van der Waals surface area contributed by atoms with Crippen molar-refractivity contribution < 1.29 is 9.59 Å². The predicted molar refractivity (Wildman–Crippen MR) is 105 cm³/mol. The maximum atomic E-state index is 12.6. The standard InChI is InChI=1S/C20H27N5O2/c1-24(2)14-5-11-22-19(26)17-6-4-7-18(23-17)20(27)25(3)15-10-16-8-12-21-13-9-16/h4,6-9,12-13H,5,10-11,14-15H2,1-3H3,(H,22,26). The van der Waals surface area contributed by atoms with Gasteiger partial charge in [-0.25, -0.2) is 4.98 Å². The summed E-state index contributed by atoms with van der Waals surface area (Å²) in [5.74, 6) is -0.464. The summed E-state index contributed by atoms with van der Waals surface area (Å²) in [4.78, 5) is 36.7. The van der Waals surface area contributed by atoms with E-state index in [4.69, 9.17) is 0 Å². The van der Waals surface area contributed by atoms with Crippen molar-refractivity contribution in [3.05, 3.63) is 59.7 Å². The molecule has 0 saturated carbocycles. The molecule has 2 amide bonds. The number of carbonyl (C=O) groups excluding carboxylic acids is 2. The van der Waals surface area contributed by atoms with Crippen LogP contribution in [0.1, 0.15) is 33.0 Å². The van der Waals surface area contributed by atoms with Crippen LogP contribution in [0.4, 0.5) is 0 Å². The van der Waals surface area contributed by atoms with Crippen LogP contribution >= 0.6 is 0 Å². The number of amides is 2. The largest absolute Gasteiger partial charge is 0.351 e. The molecule has 2 heterocycles. The Morgan fingerprint density at radius 1 is 1.00 bits per heavy atom. The van der Waals surface area contributed by atoms with Gasteiger partial charge in [0.2, 0.25) is 0 Å². The first kappa shape index (κ1) is 20.5. The first-order valence-electron chi connectivity index (χ1n) is 9.01. The number of hydrogen-bond acceptors (Lipinski definition) is 5. The van der Waals surface area contributed by atoms with Crippen LogP contribution in [-0.2, 0) is 6.42 Å². The van der Waals surface area contributed by atoms with Gasteiger partial charge in [0.05, 0.1) is 0 Å². The minimum Gasteiger partial charge on any atom is -0.351 e. The van der Waals surface area contributed by atoms with Gasteiger partial charge >= 0.3 is 0 Å². The summed E-state index contributed by atoms with van der Waals surface area (Å²) >= 11 is 0. The molecule has 2 rings (SSSR count). The van der Waals surface area contributed by atoms with E-state index in [0.717, 1.165) is 24.9 Å². The third-order valence-electron chi connectivity index (χ3n) is 4.10. The predicted octanol–water partition coefficient (Wildman–Crippen LogP) is 1.47. The summed E-state index contributed by atoms with van der Waals surface area (Å²) < 4.78 is 0. The van der Waals surface area contributed by atoms with Crippen LogP contribution in [0, 0.1) is 0 Å². The average Bonchev–Trinajstić information content (AvgIpc) is 2.69. The Hall–Kier alpha value is -2.80. The fourth-order valence-electron chi connectivity index (χ4n) is 2.51. The fourth-order valence-corrected chi connectivity index (χ4v) is 2.51. The Bertz CT molecular complexity index is 749. The third kappa shape index (κ3) is 6.79. The highest BCUT2D eigenvalue weighted by molar-refractivity contribution is 5.96. The Balaban J connectivity index is 1.90. The van der Waals surface area contributed by atoms with Gasteiger partial charge in [-0.05, 0) is 63.3 Å². The van der Waals surface area contributed by atoms with Crippen molar-refractivity contribution in [3.63, 3.8) is 0 Å². The lowest BCUT2D eigenvalue weighted by molar-refractivity contribution is 0.0790. The molecule has 2 aromatic heterocycles. The van der Waals surface area contributed by atoms with Gasteiger partial charge in [0.1, 0.15) is 11.4 Å². The van der Waals surface area contributed by atoms with E-state index in [0.29, 0.717) is 13.1 Å². The molecular formula is C20H27N5O2. The maximum absolute atomic E-state index is 12.6. The minimum absolute atomic E-state index is 0.202. The van der Waals surface area contributed by atoms with Gasteiger partial charge in [0.25, 0.3) is 11.8 Å². The van der Waals surface area contributed by atoms with Gasteiger partial charge in [-0.3, -0.25) is 14.6 Å². The molecule has 144 valence electrons. The molecule has 7 nitrogen and oxygen atoms in total. The number of pyridine rings is 2. The van der Waals surface area contributed by atoms with Crippen molar-refractivity contribution in [1.29, 1.82) is 0 Å². The van der Waals surface area contributed by atoms with E-state index in [1.807, 2.05) is 26.2 Å². The van der Waals surface area contributed by atoms with E-state index in [-0.39, 0.29) is 23.2 Å². The number of rotatable bonds is 9. The van der Waals surface area contributed by atoms with E-state index in [9.17, 15) is 9.59 Å². The zero-order valence-corrected chi connectivity index (χ0v) is 16.2. The third-order valence-corrected chi connectivity index (χ3v) is 4.10. The first-order valence-corrected chi connectivity index (χ1v) is 9.01. The summed E-state index contributed by atoms with van der Waals surface area (Å²) in [5, 5.41) is 2.84.